The van der Waals surface area contributed by atoms with Gasteiger partial charge in [0, 0.05) is 38.1 Å². The lowest BCUT2D eigenvalue weighted by Gasteiger charge is -2.14. The van der Waals surface area contributed by atoms with Gasteiger partial charge >= 0.3 is 0 Å². The average molecular weight is 477 g/mol. The van der Waals surface area contributed by atoms with Gasteiger partial charge in [-0.2, -0.15) is 0 Å². The largest absolute Gasteiger partial charge is 0.493 e. The fraction of sp³-hybridized carbons (Fsp3) is 0.632. The van der Waals surface area contributed by atoms with Crippen molar-refractivity contribution in [2.45, 2.75) is 33.1 Å². The van der Waals surface area contributed by atoms with Crippen LogP contribution in [0.2, 0.25) is 0 Å². The van der Waals surface area contributed by atoms with Gasteiger partial charge in [-0.3, -0.25) is 4.99 Å². The summed E-state index contributed by atoms with van der Waals surface area (Å²) >= 11 is 0. The fourth-order valence-electron chi connectivity index (χ4n) is 2.36. The molecule has 1 aromatic carbocycles. The van der Waals surface area contributed by atoms with Crippen molar-refractivity contribution in [3.63, 3.8) is 0 Å². The highest BCUT2D eigenvalue weighted by Crippen LogP contribution is 2.30. The number of halogens is 1. The second kappa shape index (κ2) is 13.0. The lowest BCUT2D eigenvalue weighted by molar-refractivity contribution is 0.123. The quantitative estimate of drug-likeness (QED) is 0.219. The second-order valence-electron chi connectivity index (χ2n) is 6.06. The summed E-state index contributed by atoms with van der Waals surface area (Å²) in [6.07, 6.45) is 3.59. The van der Waals surface area contributed by atoms with E-state index in [4.69, 9.17) is 14.2 Å². The molecule has 148 valence electrons. The van der Waals surface area contributed by atoms with Crippen LogP contribution < -0.4 is 20.1 Å². The van der Waals surface area contributed by atoms with Gasteiger partial charge in [0.2, 0.25) is 0 Å². The lowest BCUT2D eigenvalue weighted by atomic mass is 10.2. The number of aliphatic imine (C=N–C) groups is 1. The molecule has 1 fully saturated rings. The maximum Gasteiger partial charge on any atom is 0.195 e. The number of ether oxygens (including phenoxy) is 3. The number of guanidine groups is 1. The molecule has 1 saturated carbocycles. The molecule has 2 N–H and O–H groups in total. The van der Waals surface area contributed by atoms with E-state index in [0.717, 1.165) is 61.8 Å². The fourth-order valence-corrected chi connectivity index (χ4v) is 2.36. The Balaban J connectivity index is 0.00000338. The Morgan fingerprint density at radius 3 is 2.69 bits per heavy atom. The van der Waals surface area contributed by atoms with Gasteiger partial charge in [-0.05, 0) is 51.2 Å². The van der Waals surface area contributed by atoms with Crippen molar-refractivity contribution in [3.05, 3.63) is 18.2 Å². The van der Waals surface area contributed by atoms with Crippen molar-refractivity contribution in [1.29, 1.82) is 0 Å². The summed E-state index contributed by atoms with van der Waals surface area (Å²) in [6, 6.07) is 5.77. The molecule has 0 aliphatic heterocycles. The van der Waals surface area contributed by atoms with E-state index in [1.807, 2.05) is 25.1 Å². The molecule has 7 heteroatoms. The maximum atomic E-state index is 5.65. The molecule has 0 atom stereocenters. The molecule has 0 amide bonds. The van der Waals surface area contributed by atoms with Crippen LogP contribution in [-0.2, 0) is 4.74 Å². The van der Waals surface area contributed by atoms with E-state index in [0.29, 0.717) is 6.61 Å². The Kier molecular flexibility index (Phi) is 11.4. The summed E-state index contributed by atoms with van der Waals surface area (Å²) in [5, 5.41) is 6.57. The molecule has 0 heterocycles. The molecule has 6 nitrogen and oxygen atoms in total. The molecule has 1 aliphatic rings. The molecule has 1 aliphatic carbocycles. The third-order valence-corrected chi connectivity index (χ3v) is 3.84. The van der Waals surface area contributed by atoms with E-state index in [1.54, 1.807) is 7.11 Å². The Morgan fingerprint density at radius 1 is 1.23 bits per heavy atom. The first kappa shape index (κ1) is 22.8. The van der Waals surface area contributed by atoms with Gasteiger partial charge < -0.3 is 24.8 Å². The molecule has 0 aromatic heterocycles. The van der Waals surface area contributed by atoms with Gasteiger partial charge in [0.1, 0.15) is 0 Å². The van der Waals surface area contributed by atoms with Crippen LogP contribution >= 0.6 is 24.0 Å². The highest BCUT2D eigenvalue weighted by atomic mass is 127. The number of anilines is 1. The zero-order valence-corrected chi connectivity index (χ0v) is 18.4. The second-order valence-corrected chi connectivity index (χ2v) is 6.06. The summed E-state index contributed by atoms with van der Waals surface area (Å²) < 4.78 is 16.6. The van der Waals surface area contributed by atoms with Crippen molar-refractivity contribution in [3.8, 4) is 11.5 Å². The maximum absolute atomic E-state index is 5.65. The van der Waals surface area contributed by atoms with Crippen LogP contribution in [0.25, 0.3) is 0 Å². The van der Waals surface area contributed by atoms with Crippen LogP contribution in [0, 0.1) is 5.92 Å². The Hall–Kier alpha value is -1.22. The van der Waals surface area contributed by atoms with Crippen LogP contribution in [0.5, 0.6) is 11.5 Å². The van der Waals surface area contributed by atoms with Crippen molar-refractivity contribution in [1.82, 2.24) is 5.32 Å². The van der Waals surface area contributed by atoms with Gasteiger partial charge in [-0.25, -0.2) is 0 Å². The molecule has 0 unspecified atom stereocenters. The monoisotopic (exact) mass is 477 g/mol. The first-order chi connectivity index (χ1) is 12.3. The summed E-state index contributed by atoms with van der Waals surface area (Å²) in [4.78, 5) is 4.60. The minimum absolute atomic E-state index is 0. The third kappa shape index (κ3) is 8.44. The Bertz CT molecular complexity index is 551. The highest BCUT2D eigenvalue weighted by Gasteiger charge is 2.20. The van der Waals surface area contributed by atoms with Gasteiger partial charge in [-0.15, -0.1) is 24.0 Å². The number of rotatable bonds is 11. The standard InChI is InChI=1S/C19H31N3O3.HI/c1-4-20-19(21-11-6-12-24-14-15-7-8-15)22-16-9-10-17(23-3)18(13-16)25-5-2;/h9-10,13,15H,4-8,11-12,14H2,1-3H3,(H2,20,21,22);1H. The Morgan fingerprint density at radius 2 is 2.04 bits per heavy atom. The van der Waals surface area contributed by atoms with Crippen LogP contribution in [0.4, 0.5) is 5.69 Å². The minimum Gasteiger partial charge on any atom is -0.493 e. The predicted molar refractivity (Wildman–Crippen MR) is 117 cm³/mol. The van der Waals surface area contributed by atoms with Gasteiger partial charge in [0.25, 0.3) is 0 Å². The lowest BCUT2D eigenvalue weighted by Crippen LogP contribution is -2.30. The molecule has 26 heavy (non-hydrogen) atoms. The number of methoxy groups -OCH3 is 1. The summed E-state index contributed by atoms with van der Waals surface area (Å²) in [6.45, 7) is 7.82. The molecule has 0 radical (unpaired) electrons. The van der Waals surface area contributed by atoms with E-state index in [2.05, 4.69) is 22.5 Å². The van der Waals surface area contributed by atoms with Gasteiger partial charge in [0.15, 0.2) is 17.5 Å². The molecule has 1 aromatic rings. The van der Waals surface area contributed by atoms with Crippen molar-refractivity contribution in [2.75, 3.05) is 45.3 Å². The van der Waals surface area contributed by atoms with Crippen LogP contribution in [0.15, 0.2) is 23.2 Å². The van der Waals surface area contributed by atoms with E-state index in [9.17, 15) is 0 Å². The first-order valence-electron chi connectivity index (χ1n) is 9.20. The third-order valence-electron chi connectivity index (χ3n) is 3.84. The van der Waals surface area contributed by atoms with E-state index < -0.39 is 0 Å². The van der Waals surface area contributed by atoms with Crippen LogP contribution in [0.1, 0.15) is 33.1 Å². The van der Waals surface area contributed by atoms with Crippen molar-refractivity contribution < 1.29 is 14.2 Å². The molecule has 0 bridgehead atoms. The van der Waals surface area contributed by atoms with Crippen molar-refractivity contribution in [2.24, 2.45) is 10.9 Å². The highest BCUT2D eigenvalue weighted by molar-refractivity contribution is 14.0. The topological polar surface area (TPSA) is 64.1 Å². The summed E-state index contributed by atoms with van der Waals surface area (Å²) in [7, 11) is 1.64. The average Bonchev–Trinajstić information content (AvgIpc) is 3.43. The number of benzene rings is 1. The number of hydrogen-bond donors (Lipinski definition) is 2. The normalized spacial score (nSPS) is 13.7. The first-order valence-corrected chi connectivity index (χ1v) is 9.20. The number of hydrogen-bond acceptors (Lipinski definition) is 4. The summed E-state index contributed by atoms with van der Waals surface area (Å²) in [5.74, 6) is 3.02. The van der Waals surface area contributed by atoms with Gasteiger partial charge in [0.05, 0.1) is 13.7 Å². The SMILES string of the molecule is CCNC(=NCCCOCC1CC1)Nc1ccc(OC)c(OCC)c1.I. The van der Waals surface area contributed by atoms with Gasteiger partial charge in [-0.1, -0.05) is 0 Å². The minimum atomic E-state index is 0. The molecular formula is C19H32IN3O3. The molecular weight excluding hydrogens is 445 g/mol. The number of nitrogens with one attached hydrogen (secondary N) is 2. The van der Waals surface area contributed by atoms with Crippen LogP contribution in [-0.4, -0.2) is 46.0 Å². The van der Waals surface area contributed by atoms with Crippen LogP contribution in [0.3, 0.4) is 0 Å². The van der Waals surface area contributed by atoms with E-state index in [-0.39, 0.29) is 24.0 Å². The molecule has 0 spiro atoms. The Labute approximate surface area is 174 Å². The zero-order chi connectivity index (χ0) is 17.9. The zero-order valence-electron chi connectivity index (χ0n) is 16.0. The molecule has 0 saturated heterocycles. The van der Waals surface area contributed by atoms with E-state index >= 15 is 0 Å². The van der Waals surface area contributed by atoms with E-state index in [1.165, 1.54) is 12.8 Å². The number of nitrogens with zero attached hydrogens (tertiary/aromatic N) is 1. The summed E-state index contributed by atoms with van der Waals surface area (Å²) in [5.41, 5.74) is 0.911. The smallest absolute Gasteiger partial charge is 0.195 e. The predicted octanol–water partition coefficient (Wildman–Crippen LogP) is 3.91. The van der Waals surface area contributed by atoms with Crippen molar-refractivity contribution >= 4 is 35.6 Å². The molecule has 2 rings (SSSR count).